The molecule has 1 aromatic carbocycles. The summed E-state index contributed by atoms with van der Waals surface area (Å²) in [6.45, 7) is 3.66. The third-order valence-corrected chi connectivity index (χ3v) is 3.01. The lowest BCUT2D eigenvalue weighted by Gasteiger charge is -2.03. The molecule has 0 aliphatic rings. The first kappa shape index (κ1) is 10.4. The number of aromatic nitrogens is 1. The number of hydrogen-bond donors (Lipinski definition) is 0. The Balaban J connectivity index is 2.80. The molecule has 0 amide bonds. The molecule has 1 heterocycles. The van der Waals surface area contributed by atoms with Crippen molar-refractivity contribution in [3.63, 3.8) is 0 Å². The minimum Gasteiger partial charge on any atom is -0.284 e. The van der Waals surface area contributed by atoms with E-state index in [1.165, 1.54) is 0 Å². The fourth-order valence-corrected chi connectivity index (χ4v) is 2.25. The molecule has 15 heavy (non-hydrogen) atoms. The quantitative estimate of drug-likeness (QED) is 0.772. The molecule has 2 aromatic rings. The molecule has 2 nitrogen and oxygen atoms in total. The Morgan fingerprint density at radius 1 is 1.40 bits per heavy atom. The SMILES string of the molecule is CCc1cc2cc(Br)ccc2n1C(C)=O. The number of carbonyl (C=O) groups is 1. The Hall–Kier alpha value is -1.09. The minimum atomic E-state index is 0.0733. The van der Waals surface area contributed by atoms with Crippen LogP contribution in [0.25, 0.3) is 10.9 Å². The topological polar surface area (TPSA) is 22.0 Å². The summed E-state index contributed by atoms with van der Waals surface area (Å²) in [5.41, 5.74) is 2.05. The van der Waals surface area contributed by atoms with Crippen LogP contribution in [0.1, 0.15) is 24.3 Å². The molecule has 0 aliphatic heterocycles. The lowest BCUT2D eigenvalue weighted by molar-refractivity contribution is 0.0939. The average Bonchev–Trinajstić information content (AvgIpc) is 2.54. The van der Waals surface area contributed by atoms with Gasteiger partial charge >= 0.3 is 0 Å². The maximum Gasteiger partial charge on any atom is 0.228 e. The molecule has 0 saturated heterocycles. The van der Waals surface area contributed by atoms with Crippen LogP contribution in [-0.2, 0) is 6.42 Å². The van der Waals surface area contributed by atoms with Crippen LogP contribution in [0.3, 0.4) is 0 Å². The van der Waals surface area contributed by atoms with Gasteiger partial charge in [0.15, 0.2) is 0 Å². The van der Waals surface area contributed by atoms with Crippen LogP contribution in [0.4, 0.5) is 0 Å². The highest BCUT2D eigenvalue weighted by Gasteiger charge is 2.10. The monoisotopic (exact) mass is 265 g/mol. The molecular weight excluding hydrogens is 254 g/mol. The van der Waals surface area contributed by atoms with E-state index in [1.807, 2.05) is 18.2 Å². The maximum atomic E-state index is 11.5. The minimum absolute atomic E-state index is 0.0733. The molecule has 78 valence electrons. The Labute approximate surface area is 97.0 Å². The van der Waals surface area contributed by atoms with Crippen molar-refractivity contribution in [3.05, 3.63) is 34.4 Å². The van der Waals surface area contributed by atoms with Crippen LogP contribution >= 0.6 is 15.9 Å². The third-order valence-electron chi connectivity index (χ3n) is 2.52. The van der Waals surface area contributed by atoms with E-state index in [-0.39, 0.29) is 5.91 Å². The standard InChI is InChI=1S/C12H12BrNO/c1-3-11-7-9-6-10(13)4-5-12(9)14(11)8(2)15/h4-7H,3H2,1-2H3. The zero-order chi connectivity index (χ0) is 11.0. The maximum absolute atomic E-state index is 11.5. The van der Waals surface area contributed by atoms with Crippen molar-refractivity contribution in [3.8, 4) is 0 Å². The van der Waals surface area contributed by atoms with Crippen molar-refractivity contribution in [2.75, 3.05) is 0 Å². The van der Waals surface area contributed by atoms with Gasteiger partial charge in [-0.25, -0.2) is 0 Å². The zero-order valence-corrected chi connectivity index (χ0v) is 10.3. The molecule has 2 rings (SSSR count). The van der Waals surface area contributed by atoms with Crippen molar-refractivity contribution in [1.29, 1.82) is 0 Å². The normalized spacial score (nSPS) is 10.9. The molecule has 0 bridgehead atoms. The van der Waals surface area contributed by atoms with Crippen LogP contribution in [-0.4, -0.2) is 10.5 Å². The summed E-state index contributed by atoms with van der Waals surface area (Å²) in [5, 5.41) is 1.11. The number of aryl methyl sites for hydroxylation is 1. The summed E-state index contributed by atoms with van der Waals surface area (Å²) in [6.07, 6.45) is 0.867. The number of halogens is 1. The number of nitrogens with zero attached hydrogens (tertiary/aromatic N) is 1. The molecule has 0 N–H and O–H groups in total. The van der Waals surface area contributed by atoms with E-state index < -0.39 is 0 Å². The van der Waals surface area contributed by atoms with E-state index in [2.05, 4.69) is 28.9 Å². The van der Waals surface area contributed by atoms with Gasteiger partial charge in [-0.05, 0) is 30.7 Å². The predicted octanol–water partition coefficient (Wildman–Crippen LogP) is 3.63. The van der Waals surface area contributed by atoms with Gasteiger partial charge in [-0.1, -0.05) is 22.9 Å². The van der Waals surface area contributed by atoms with Crippen LogP contribution in [0.15, 0.2) is 28.7 Å². The summed E-state index contributed by atoms with van der Waals surface area (Å²) in [5.74, 6) is 0.0733. The highest BCUT2D eigenvalue weighted by atomic mass is 79.9. The molecule has 0 saturated carbocycles. The second kappa shape index (κ2) is 3.81. The summed E-state index contributed by atoms with van der Waals surface area (Å²) in [6, 6.07) is 8.04. The number of rotatable bonds is 1. The Bertz CT molecular complexity index is 528. The van der Waals surface area contributed by atoms with Gasteiger partial charge in [0.05, 0.1) is 5.52 Å². The summed E-state index contributed by atoms with van der Waals surface area (Å²) in [4.78, 5) is 11.5. The highest BCUT2D eigenvalue weighted by molar-refractivity contribution is 9.10. The molecule has 0 aliphatic carbocycles. The average molecular weight is 266 g/mol. The number of benzene rings is 1. The molecule has 3 heteroatoms. The van der Waals surface area contributed by atoms with E-state index >= 15 is 0 Å². The van der Waals surface area contributed by atoms with Gasteiger partial charge < -0.3 is 0 Å². The lowest BCUT2D eigenvalue weighted by atomic mass is 10.2. The lowest BCUT2D eigenvalue weighted by Crippen LogP contribution is -2.08. The molecule has 1 aromatic heterocycles. The van der Waals surface area contributed by atoms with Crippen molar-refractivity contribution >= 4 is 32.7 Å². The zero-order valence-electron chi connectivity index (χ0n) is 8.75. The second-order valence-electron chi connectivity index (χ2n) is 3.55. The highest BCUT2D eigenvalue weighted by Crippen LogP contribution is 2.24. The van der Waals surface area contributed by atoms with Crippen LogP contribution in [0.2, 0.25) is 0 Å². The summed E-state index contributed by atoms with van der Waals surface area (Å²) in [7, 11) is 0. The van der Waals surface area contributed by atoms with Gasteiger partial charge in [0, 0.05) is 22.5 Å². The predicted molar refractivity (Wildman–Crippen MR) is 65.3 cm³/mol. The molecular formula is C12H12BrNO. The molecule has 0 fully saturated rings. The molecule has 0 spiro atoms. The Kier molecular flexibility index (Phi) is 2.65. The molecule has 0 unspecified atom stereocenters. The third kappa shape index (κ3) is 1.72. The molecule has 0 radical (unpaired) electrons. The van der Waals surface area contributed by atoms with Gasteiger partial charge in [-0.2, -0.15) is 0 Å². The van der Waals surface area contributed by atoms with Crippen LogP contribution in [0.5, 0.6) is 0 Å². The Morgan fingerprint density at radius 2 is 2.13 bits per heavy atom. The van der Waals surface area contributed by atoms with Crippen molar-refractivity contribution < 1.29 is 4.79 Å². The smallest absolute Gasteiger partial charge is 0.228 e. The van der Waals surface area contributed by atoms with Gasteiger partial charge in [-0.3, -0.25) is 9.36 Å². The fraction of sp³-hybridized carbons (Fsp3) is 0.250. The van der Waals surface area contributed by atoms with Gasteiger partial charge in [0.2, 0.25) is 5.91 Å². The fourth-order valence-electron chi connectivity index (χ4n) is 1.88. The number of hydrogen-bond acceptors (Lipinski definition) is 1. The first-order chi connectivity index (χ1) is 7.13. The summed E-state index contributed by atoms with van der Waals surface area (Å²) < 4.78 is 2.82. The largest absolute Gasteiger partial charge is 0.284 e. The molecule has 0 atom stereocenters. The first-order valence-electron chi connectivity index (χ1n) is 4.94. The van der Waals surface area contributed by atoms with Crippen molar-refractivity contribution in [2.24, 2.45) is 0 Å². The van der Waals surface area contributed by atoms with Crippen molar-refractivity contribution in [1.82, 2.24) is 4.57 Å². The van der Waals surface area contributed by atoms with Crippen LogP contribution < -0.4 is 0 Å². The summed E-state index contributed by atoms with van der Waals surface area (Å²) >= 11 is 3.43. The van der Waals surface area contributed by atoms with E-state index in [0.717, 1.165) is 27.5 Å². The second-order valence-corrected chi connectivity index (χ2v) is 4.46. The first-order valence-corrected chi connectivity index (χ1v) is 5.73. The van der Waals surface area contributed by atoms with Gasteiger partial charge in [0.25, 0.3) is 0 Å². The van der Waals surface area contributed by atoms with E-state index in [1.54, 1.807) is 11.5 Å². The van der Waals surface area contributed by atoms with Crippen LogP contribution in [0, 0.1) is 0 Å². The van der Waals surface area contributed by atoms with E-state index in [4.69, 9.17) is 0 Å². The number of fused-ring (bicyclic) bond motifs is 1. The van der Waals surface area contributed by atoms with E-state index in [0.29, 0.717) is 0 Å². The Morgan fingerprint density at radius 3 is 2.73 bits per heavy atom. The van der Waals surface area contributed by atoms with E-state index in [9.17, 15) is 4.79 Å². The van der Waals surface area contributed by atoms with Crippen molar-refractivity contribution in [2.45, 2.75) is 20.3 Å². The van der Waals surface area contributed by atoms with Gasteiger partial charge in [0.1, 0.15) is 0 Å². The number of carbonyl (C=O) groups excluding carboxylic acids is 1. The van der Waals surface area contributed by atoms with Gasteiger partial charge in [-0.15, -0.1) is 0 Å².